The van der Waals surface area contributed by atoms with Crippen molar-refractivity contribution in [1.82, 2.24) is 0 Å². The molecule has 0 saturated carbocycles. The number of carbonyl (C=O) groups excluding carboxylic acids is 2. The molecule has 0 fully saturated rings. The first kappa shape index (κ1) is 19.5. The van der Waals surface area contributed by atoms with E-state index < -0.39 is 5.97 Å². The average molecular weight is 400 g/mol. The number of hydrogen-bond acceptors (Lipinski definition) is 5. The number of allylic oxidation sites excluding steroid dienone is 1. The van der Waals surface area contributed by atoms with Crippen molar-refractivity contribution in [2.24, 2.45) is 0 Å². The van der Waals surface area contributed by atoms with Crippen LogP contribution in [0.15, 0.2) is 66.4 Å². The lowest BCUT2D eigenvalue weighted by Crippen LogP contribution is -2.09. The van der Waals surface area contributed by atoms with Crippen LogP contribution in [-0.2, 0) is 0 Å². The Kier molecular flexibility index (Phi) is 5.11. The van der Waals surface area contributed by atoms with E-state index in [0.717, 1.165) is 11.1 Å². The van der Waals surface area contributed by atoms with Crippen molar-refractivity contribution < 1.29 is 23.8 Å². The fourth-order valence-corrected chi connectivity index (χ4v) is 3.25. The van der Waals surface area contributed by atoms with Crippen LogP contribution in [0.3, 0.4) is 0 Å². The number of rotatable bonds is 4. The molecule has 0 amide bonds. The van der Waals surface area contributed by atoms with Crippen molar-refractivity contribution in [3.8, 4) is 17.2 Å². The molecular weight excluding hydrogens is 380 g/mol. The molecule has 3 aromatic carbocycles. The Morgan fingerprint density at radius 2 is 1.70 bits per heavy atom. The average Bonchev–Trinajstić information content (AvgIpc) is 3.08. The molecule has 0 saturated heterocycles. The summed E-state index contributed by atoms with van der Waals surface area (Å²) in [6, 6.07) is 17.6. The highest BCUT2D eigenvalue weighted by Gasteiger charge is 2.30. The van der Waals surface area contributed by atoms with Crippen LogP contribution in [0, 0.1) is 13.8 Å². The number of aryl methyl sites for hydroxylation is 1. The van der Waals surface area contributed by atoms with Gasteiger partial charge in [-0.3, -0.25) is 4.79 Å². The highest BCUT2D eigenvalue weighted by molar-refractivity contribution is 6.15. The zero-order valence-electron chi connectivity index (χ0n) is 16.9. The molecule has 30 heavy (non-hydrogen) atoms. The number of ketones is 1. The smallest absolute Gasteiger partial charge is 0.343 e. The Morgan fingerprint density at radius 1 is 0.967 bits per heavy atom. The van der Waals surface area contributed by atoms with Crippen LogP contribution < -0.4 is 14.2 Å². The molecule has 0 spiro atoms. The van der Waals surface area contributed by atoms with Gasteiger partial charge in [0, 0.05) is 5.56 Å². The first-order chi connectivity index (χ1) is 14.5. The van der Waals surface area contributed by atoms with Crippen LogP contribution in [0.25, 0.3) is 6.08 Å². The third-order valence-electron chi connectivity index (χ3n) is 5.04. The van der Waals surface area contributed by atoms with Crippen molar-refractivity contribution in [1.29, 1.82) is 0 Å². The number of fused-ring (bicyclic) bond motifs is 1. The summed E-state index contributed by atoms with van der Waals surface area (Å²) in [7, 11) is 1.56. The summed E-state index contributed by atoms with van der Waals surface area (Å²) in [5, 5.41) is 0. The molecule has 1 aliphatic rings. The van der Waals surface area contributed by atoms with Crippen LogP contribution in [0.4, 0.5) is 0 Å². The fraction of sp³-hybridized carbons (Fsp3) is 0.120. The monoisotopic (exact) mass is 400 g/mol. The maximum Gasteiger partial charge on any atom is 0.343 e. The van der Waals surface area contributed by atoms with Crippen LogP contribution in [0.1, 0.15) is 37.4 Å². The molecule has 0 atom stereocenters. The maximum absolute atomic E-state index is 12.8. The second kappa shape index (κ2) is 7.87. The van der Waals surface area contributed by atoms with E-state index >= 15 is 0 Å². The Hall–Kier alpha value is -3.86. The van der Waals surface area contributed by atoms with Crippen LogP contribution in [-0.4, -0.2) is 18.9 Å². The molecule has 5 heteroatoms. The van der Waals surface area contributed by atoms with Crippen LogP contribution in [0.2, 0.25) is 0 Å². The van der Waals surface area contributed by atoms with Crippen molar-refractivity contribution in [2.45, 2.75) is 13.8 Å². The number of esters is 1. The Balaban J connectivity index is 1.60. The maximum atomic E-state index is 12.8. The lowest BCUT2D eigenvalue weighted by Gasteiger charge is -2.10. The van der Waals surface area contributed by atoms with Crippen molar-refractivity contribution in [3.05, 3.63) is 94.2 Å². The number of ether oxygens (including phenoxy) is 3. The third-order valence-corrected chi connectivity index (χ3v) is 5.04. The van der Waals surface area contributed by atoms with Crippen molar-refractivity contribution in [2.75, 3.05) is 7.11 Å². The minimum absolute atomic E-state index is 0.190. The van der Waals surface area contributed by atoms with Gasteiger partial charge in [-0.15, -0.1) is 0 Å². The summed E-state index contributed by atoms with van der Waals surface area (Å²) in [4.78, 5) is 25.3. The molecular formula is C25H20O5. The quantitative estimate of drug-likeness (QED) is 0.344. The summed E-state index contributed by atoms with van der Waals surface area (Å²) in [5.41, 5.74) is 3.40. The number of carbonyl (C=O) groups is 2. The zero-order chi connectivity index (χ0) is 21.3. The van der Waals surface area contributed by atoms with Gasteiger partial charge in [-0.05, 0) is 67.4 Å². The van der Waals surface area contributed by atoms with Gasteiger partial charge in [-0.1, -0.05) is 24.3 Å². The third kappa shape index (κ3) is 3.57. The minimum Gasteiger partial charge on any atom is -0.497 e. The summed E-state index contributed by atoms with van der Waals surface area (Å²) < 4.78 is 16.5. The van der Waals surface area contributed by atoms with Gasteiger partial charge in [-0.25, -0.2) is 4.79 Å². The molecule has 150 valence electrons. The summed E-state index contributed by atoms with van der Waals surface area (Å²) in [5.74, 6) is 0.977. The first-order valence-electron chi connectivity index (χ1n) is 9.47. The molecule has 0 bridgehead atoms. The first-order valence-corrected chi connectivity index (χ1v) is 9.47. The van der Waals surface area contributed by atoms with E-state index in [-0.39, 0.29) is 11.5 Å². The van der Waals surface area contributed by atoms with E-state index in [1.54, 1.807) is 56.5 Å². The molecule has 5 nitrogen and oxygen atoms in total. The molecule has 3 aromatic rings. The Morgan fingerprint density at radius 3 is 2.40 bits per heavy atom. The molecule has 1 aliphatic heterocycles. The normalized spacial score (nSPS) is 13.7. The lowest BCUT2D eigenvalue weighted by molar-refractivity contribution is 0.0733. The van der Waals surface area contributed by atoms with Gasteiger partial charge >= 0.3 is 5.97 Å². The van der Waals surface area contributed by atoms with E-state index in [0.29, 0.717) is 33.9 Å². The number of hydrogen-bond donors (Lipinski definition) is 0. The Bertz CT molecular complexity index is 1170. The SMILES string of the molecule is COc1ccc(C(=O)Oc2ccc3c(c2C)O/C(=C\c2ccccc2C)C3=O)cc1. The van der Waals surface area contributed by atoms with Crippen LogP contribution in [0.5, 0.6) is 17.2 Å². The van der Waals surface area contributed by atoms with Crippen LogP contribution >= 0.6 is 0 Å². The van der Waals surface area contributed by atoms with Gasteiger partial charge in [0.1, 0.15) is 17.2 Å². The molecule has 0 radical (unpaired) electrons. The van der Waals surface area contributed by atoms with Gasteiger partial charge < -0.3 is 14.2 Å². The molecule has 0 N–H and O–H groups in total. The molecule has 1 heterocycles. The Labute approximate surface area is 174 Å². The fourth-order valence-electron chi connectivity index (χ4n) is 3.25. The van der Waals surface area contributed by atoms with E-state index in [4.69, 9.17) is 14.2 Å². The number of Topliss-reactive ketones (excluding diaryl/α,β-unsaturated/α-hetero) is 1. The lowest BCUT2D eigenvalue weighted by atomic mass is 10.0. The van der Waals surface area contributed by atoms with E-state index in [2.05, 4.69) is 0 Å². The van der Waals surface area contributed by atoms with E-state index in [9.17, 15) is 9.59 Å². The van der Waals surface area contributed by atoms with Gasteiger partial charge in [0.15, 0.2) is 5.76 Å². The number of benzene rings is 3. The predicted octanol–water partition coefficient (Wildman–Crippen LogP) is 5.15. The van der Waals surface area contributed by atoms with E-state index in [1.807, 2.05) is 31.2 Å². The minimum atomic E-state index is -0.499. The highest BCUT2D eigenvalue weighted by Crippen LogP contribution is 2.39. The molecule has 0 aliphatic carbocycles. The molecule has 0 unspecified atom stereocenters. The molecule has 0 aromatic heterocycles. The summed E-state index contributed by atoms with van der Waals surface area (Å²) >= 11 is 0. The number of methoxy groups -OCH3 is 1. The summed E-state index contributed by atoms with van der Waals surface area (Å²) in [6.45, 7) is 3.74. The van der Waals surface area contributed by atoms with Gasteiger partial charge in [0.2, 0.25) is 5.78 Å². The topological polar surface area (TPSA) is 61.8 Å². The second-order valence-electron chi connectivity index (χ2n) is 6.98. The van der Waals surface area contributed by atoms with Gasteiger partial charge in [0.05, 0.1) is 18.2 Å². The van der Waals surface area contributed by atoms with Gasteiger partial charge in [0.25, 0.3) is 0 Å². The van der Waals surface area contributed by atoms with Crippen molar-refractivity contribution in [3.63, 3.8) is 0 Å². The zero-order valence-corrected chi connectivity index (χ0v) is 16.9. The largest absolute Gasteiger partial charge is 0.497 e. The predicted molar refractivity (Wildman–Crippen MR) is 113 cm³/mol. The summed E-state index contributed by atoms with van der Waals surface area (Å²) in [6.07, 6.45) is 1.74. The second-order valence-corrected chi connectivity index (χ2v) is 6.98. The van der Waals surface area contributed by atoms with Gasteiger partial charge in [-0.2, -0.15) is 0 Å². The van der Waals surface area contributed by atoms with Crippen molar-refractivity contribution >= 4 is 17.8 Å². The van der Waals surface area contributed by atoms with E-state index in [1.165, 1.54) is 0 Å². The highest BCUT2D eigenvalue weighted by atomic mass is 16.5. The standard InChI is InChI=1S/C25H20O5/c1-15-6-4-5-7-18(15)14-22-23(26)20-12-13-21(16(2)24(20)29-22)30-25(27)17-8-10-19(28-3)11-9-17/h4-14H,1-3H3/b22-14-. The molecule has 4 rings (SSSR count).